The highest BCUT2D eigenvalue weighted by Gasteiger charge is 2.19. The first-order valence-corrected chi connectivity index (χ1v) is 8.26. The molecule has 1 aromatic carbocycles. The Morgan fingerprint density at radius 3 is 2.57 bits per heavy atom. The minimum Gasteiger partial charge on any atom is -0.319 e. The van der Waals surface area contributed by atoms with E-state index in [0.717, 1.165) is 22.5 Å². The van der Waals surface area contributed by atoms with Crippen LogP contribution in [0, 0.1) is 5.82 Å². The van der Waals surface area contributed by atoms with Gasteiger partial charge in [-0.3, -0.25) is 4.79 Å². The molecule has 0 saturated carbocycles. The van der Waals surface area contributed by atoms with E-state index < -0.39 is 21.7 Å². The maximum Gasteiger partial charge on any atom is 0.256 e. The third-order valence-electron chi connectivity index (χ3n) is 2.75. The number of hydrogen-bond acceptors (Lipinski definition) is 4. The van der Waals surface area contributed by atoms with Crippen molar-refractivity contribution in [1.29, 1.82) is 0 Å². The summed E-state index contributed by atoms with van der Waals surface area (Å²) >= 11 is 1.34. The molecule has 0 bridgehead atoms. The highest BCUT2D eigenvalue weighted by molar-refractivity contribution is 7.89. The maximum atomic E-state index is 13.7. The first-order chi connectivity index (χ1) is 9.82. The van der Waals surface area contributed by atoms with Crippen LogP contribution in [-0.4, -0.2) is 32.7 Å². The van der Waals surface area contributed by atoms with Gasteiger partial charge in [-0.25, -0.2) is 17.1 Å². The third kappa shape index (κ3) is 3.29. The summed E-state index contributed by atoms with van der Waals surface area (Å²) < 4.78 is 38.8. The van der Waals surface area contributed by atoms with Gasteiger partial charge in [-0.1, -0.05) is 0 Å². The maximum absolute atomic E-state index is 13.7. The molecule has 1 aromatic heterocycles. The fraction of sp³-hybridized carbons (Fsp3) is 0.154. The summed E-state index contributed by atoms with van der Waals surface area (Å²) in [6, 6.07) is 4.87. The average Bonchev–Trinajstić information content (AvgIpc) is 2.94. The van der Waals surface area contributed by atoms with Gasteiger partial charge in [-0.05, 0) is 29.6 Å². The van der Waals surface area contributed by atoms with Gasteiger partial charge in [0.1, 0.15) is 5.82 Å². The Labute approximate surface area is 126 Å². The quantitative estimate of drug-likeness (QED) is 0.937. The number of carbonyl (C=O) groups is 1. The normalized spacial score (nSPS) is 11.6. The number of amides is 1. The Bertz CT molecular complexity index is 756. The lowest BCUT2D eigenvalue weighted by atomic mass is 10.2. The molecule has 0 atom stereocenters. The Morgan fingerprint density at radius 1 is 1.29 bits per heavy atom. The van der Waals surface area contributed by atoms with Crippen molar-refractivity contribution in [3.8, 4) is 0 Å². The van der Waals surface area contributed by atoms with Crippen molar-refractivity contribution in [2.24, 2.45) is 0 Å². The molecule has 1 N–H and O–H groups in total. The molecule has 2 aromatic rings. The molecule has 0 saturated heterocycles. The minimum absolute atomic E-state index is 0.0884. The van der Waals surface area contributed by atoms with Gasteiger partial charge in [-0.2, -0.15) is 11.3 Å². The first-order valence-electron chi connectivity index (χ1n) is 5.88. The van der Waals surface area contributed by atoms with Gasteiger partial charge in [0.15, 0.2) is 0 Å². The molecule has 0 fully saturated rings. The van der Waals surface area contributed by atoms with E-state index in [-0.39, 0.29) is 10.6 Å². The number of carbonyl (C=O) groups excluding carboxylic acids is 1. The van der Waals surface area contributed by atoms with Crippen LogP contribution in [0.15, 0.2) is 39.9 Å². The van der Waals surface area contributed by atoms with Crippen LogP contribution in [0.4, 0.5) is 10.1 Å². The monoisotopic (exact) mass is 328 g/mol. The Balaban J connectivity index is 2.35. The summed E-state index contributed by atoms with van der Waals surface area (Å²) in [5.41, 5.74) is 0.217. The second-order valence-corrected chi connectivity index (χ2v) is 7.33. The Morgan fingerprint density at radius 2 is 2.00 bits per heavy atom. The number of rotatable bonds is 4. The predicted molar refractivity (Wildman–Crippen MR) is 79.5 cm³/mol. The number of nitrogens with zero attached hydrogens (tertiary/aromatic N) is 1. The second-order valence-electron chi connectivity index (χ2n) is 4.40. The number of hydrogen-bond donors (Lipinski definition) is 1. The molecule has 0 radical (unpaired) electrons. The van der Waals surface area contributed by atoms with Crippen molar-refractivity contribution in [3.05, 3.63) is 46.4 Å². The summed E-state index contributed by atoms with van der Waals surface area (Å²) in [4.78, 5) is 11.8. The molecule has 8 heteroatoms. The van der Waals surface area contributed by atoms with Crippen molar-refractivity contribution < 1.29 is 17.6 Å². The standard InChI is InChI=1S/C13H13FN2O3S2/c1-16(2)21(18,19)10-3-4-11(14)12(7-10)15-13(17)9-5-6-20-8-9/h3-8H,1-2H3,(H,15,17). The van der Waals surface area contributed by atoms with Crippen molar-refractivity contribution >= 4 is 33.0 Å². The third-order valence-corrected chi connectivity index (χ3v) is 5.24. The topological polar surface area (TPSA) is 66.5 Å². The fourth-order valence-corrected chi connectivity index (χ4v) is 3.12. The van der Waals surface area contributed by atoms with Crippen molar-refractivity contribution in [2.45, 2.75) is 4.90 Å². The predicted octanol–water partition coefficient (Wildman–Crippen LogP) is 2.39. The van der Waals surface area contributed by atoms with E-state index in [0.29, 0.717) is 5.56 Å². The molecule has 1 amide bonds. The van der Waals surface area contributed by atoms with Crippen molar-refractivity contribution in [3.63, 3.8) is 0 Å². The second kappa shape index (κ2) is 5.92. The van der Waals surface area contributed by atoms with Gasteiger partial charge in [0.05, 0.1) is 16.1 Å². The van der Waals surface area contributed by atoms with Gasteiger partial charge < -0.3 is 5.32 Å². The highest BCUT2D eigenvalue weighted by Crippen LogP contribution is 2.22. The van der Waals surface area contributed by atoms with E-state index in [1.54, 1.807) is 16.8 Å². The lowest BCUT2D eigenvalue weighted by Crippen LogP contribution is -2.22. The van der Waals surface area contributed by atoms with Crippen LogP contribution in [0.2, 0.25) is 0 Å². The first kappa shape index (κ1) is 15.6. The molecule has 0 aliphatic carbocycles. The number of thiophene rings is 1. The van der Waals surface area contributed by atoms with Crippen LogP contribution >= 0.6 is 11.3 Å². The molecule has 112 valence electrons. The van der Waals surface area contributed by atoms with Crippen LogP contribution in [0.3, 0.4) is 0 Å². The molecule has 2 rings (SSSR count). The summed E-state index contributed by atoms with van der Waals surface area (Å²) in [6.45, 7) is 0. The zero-order chi connectivity index (χ0) is 15.6. The SMILES string of the molecule is CN(C)S(=O)(=O)c1ccc(F)c(NC(=O)c2ccsc2)c1. The van der Waals surface area contributed by atoms with E-state index in [4.69, 9.17) is 0 Å². The van der Waals surface area contributed by atoms with E-state index in [2.05, 4.69) is 5.32 Å². The van der Waals surface area contributed by atoms with Crippen LogP contribution in [0.1, 0.15) is 10.4 Å². The van der Waals surface area contributed by atoms with Crippen LogP contribution in [-0.2, 0) is 10.0 Å². The number of halogens is 1. The van der Waals surface area contributed by atoms with E-state index in [9.17, 15) is 17.6 Å². The molecule has 0 aliphatic rings. The van der Waals surface area contributed by atoms with Crippen molar-refractivity contribution in [2.75, 3.05) is 19.4 Å². The largest absolute Gasteiger partial charge is 0.319 e. The zero-order valence-corrected chi connectivity index (χ0v) is 13.0. The van der Waals surface area contributed by atoms with Gasteiger partial charge in [0.2, 0.25) is 10.0 Å². The molecular formula is C13H13FN2O3S2. The smallest absolute Gasteiger partial charge is 0.256 e. The van der Waals surface area contributed by atoms with Gasteiger partial charge in [0.25, 0.3) is 5.91 Å². The average molecular weight is 328 g/mol. The Hall–Kier alpha value is -1.77. The van der Waals surface area contributed by atoms with Gasteiger partial charge >= 0.3 is 0 Å². The van der Waals surface area contributed by atoms with E-state index in [1.807, 2.05) is 0 Å². The minimum atomic E-state index is -3.69. The number of nitrogens with one attached hydrogen (secondary N) is 1. The van der Waals surface area contributed by atoms with Gasteiger partial charge in [-0.15, -0.1) is 0 Å². The number of sulfonamides is 1. The zero-order valence-electron chi connectivity index (χ0n) is 11.3. The van der Waals surface area contributed by atoms with Crippen LogP contribution < -0.4 is 5.32 Å². The van der Waals surface area contributed by atoms with E-state index >= 15 is 0 Å². The summed E-state index contributed by atoms with van der Waals surface area (Å²) in [6.07, 6.45) is 0. The summed E-state index contributed by atoms with van der Waals surface area (Å²) in [5.74, 6) is -1.19. The molecular weight excluding hydrogens is 315 g/mol. The number of anilines is 1. The summed E-state index contributed by atoms with van der Waals surface area (Å²) in [7, 11) is -0.934. The molecule has 0 aliphatic heterocycles. The number of benzene rings is 1. The lowest BCUT2D eigenvalue weighted by Gasteiger charge is -2.13. The van der Waals surface area contributed by atoms with E-state index in [1.165, 1.54) is 25.4 Å². The molecule has 21 heavy (non-hydrogen) atoms. The van der Waals surface area contributed by atoms with Crippen molar-refractivity contribution in [1.82, 2.24) is 4.31 Å². The van der Waals surface area contributed by atoms with Gasteiger partial charge in [0, 0.05) is 19.5 Å². The summed E-state index contributed by atoms with van der Waals surface area (Å²) in [5, 5.41) is 5.71. The fourth-order valence-electron chi connectivity index (χ4n) is 1.56. The lowest BCUT2D eigenvalue weighted by molar-refractivity contribution is 0.102. The molecule has 1 heterocycles. The van der Waals surface area contributed by atoms with Crippen LogP contribution in [0.5, 0.6) is 0 Å². The molecule has 5 nitrogen and oxygen atoms in total. The molecule has 0 spiro atoms. The van der Waals surface area contributed by atoms with Crippen LogP contribution in [0.25, 0.3) is 0 Å². The highest BCUT2D eigenvalue weighted by atomic mass is 32.2. The Kier molecular flexibility index (Phi) is 4.40. The molecule has 0 unspecified atom stereocenters.